The first kappa shape index (κ1) is 36.4. The van der Waals surface area contributed by atoms with Gasteiger partial charge in [0, 0.05) is 22.4 Å². The second kappa shape index (κ2) is 14.9. The molecule has 0 spiro atoms. The summed E-state index contributed by atoms with van der Waals surface area (Å²) in [7, 11) is 0. The highest BCUT2D eigenvalue weighted by Crippen LogP contribution is 2.57. The molecule has 1 heteroatoms. The summed E-state index contributed by atoms with van der Waals surface area (Å²) >= 11 is 0. The first-order valence-corrected chi connectivity index (χ1v) is 22.5. The van der Waals surface area contributed by atoms with Gasteiger partial charge in [-0.05, 0) is 147 Å². The van der Waals surface area contributed by atoms with Gasteiger partial charge in [-0.1, -0.05) is 173 Å². The van der Waals surface area contributed by atoms with Crippen molar-refractivity contribution in [3.8, 4) is 44.5 Å². The maximum Gasteiger partial charge on any atom is 0.0543 e. The van der Waals surface area contributed by atoms with Crippen molar-refractivity contribution in [1.82, 2.24) is 0 Å². The van der Waals surface area contributed by atoms with Crippen LogP contribution in [0.5, 0.6) is 0 Å². The quantitative estimate of drug-likeness (QED) is 0.149. The molecular weight excluding hydrogens is 711 g/mol. The minimum absolute atomic E-state index is 0.181. The summed E-state index contributed by atoms with van der Waals surface area (Å²) in [6.45, 7) is 4.85. The third-order valence-electron chi connectivity index (χ3n) is 15.0. The molecule has 59 heavy (non-hydrogen) atoms. The van der Waals surface area contributed by atoms with Crippen LogP contribution in [-0.2, 0) is 5.41 Å². The number of nitrogens with zero attached hydrogens (tertiary/aromatic N) is 1. The van der Waals surface area contributed by atoms with Gasteiger partial charge in [0.15, 0.2) is 0 Å². The van der Waals surface area contributed by atoms with E-state index in [1.807, 2.05) is 0 Å². The number of hydrogen-bond donors (Lipinski definition) is 0. The van der Waals surface area contributed by atoms with E-state index in [1.54, 1.807) is 0 Å². The van der Waals surface area contributed by atoms with Gasteiger partial charge in [0.1, 0.15) is 0 Å². The fourth-order valence-corrected chi connectivity index (χ4v) is 12.1. The monoisotopic (exact) mass is 765 g/mol. The maximum atomic E-state index is 2.56. The summed E-state index contributed by atoms with van der Waals surface area (Å²) in [6.07, 6.45) is 12.3. The second-order valence-electron chi connectivity index (χ2n) is 18.7. The molecule has 0 aliphatic heterocycles. The van der Waals surface area contributed by atoms with E-state index < -0.39 is 0 Å². The lowest BCUT2D eigenvalue weighted by atomic mass is 9.78. The lowest BCUT2D eigenvalue weighted by Crippen LogP contribution is -2.19. The molecule has 11 rings (SSSR count). The van der Waals surface area contributed by atoms with Crippen LogP contribution < -0.4 is 4.90 Å². The fourth-order valence-electron chi connectivity index (χ4n) is 12.1. The molecule has 2 bridgehead atoms. The zero-order valence-corrected chi connectivity index (χ0v) is 34.7. The van der Waals surface area contributed by atoms with Gasteiger partial charge in [-0.25, -0.2) is 0 Å². The van der Waals surface area contributed by atoms with Crippen LogP contribution in [0.1, 0.15) is 106 Å². The zero-order chi connectivity index (χ0) is 39.5. The second-order valence-corrected chi connectivity index (χ2v) is 18.7. The standard InChI is InChI=1S/C58H55N/c1-58(2)54-20-12-11-19-51(54)52-35-36-55(56(57(52)58)45-25-23-41(24-26-45)40-13-5-3-6-14-40)59(48-33-29-44(30-34-48)53-38-39-21-22-46(53)37-39)47-31-27-43(28-32-47)50-18-10-9-17-49(50)42-15-7-4-8-16-42/h3,5-6,9-14,17-20,23-36,39,42,46,53H,4,7-8,15-16,21-22,37-38H2,1-2H3. The van der Waals surface area contributed by atoms with Crippen molar-refractivity contribution in [3.05, 3.63) is 186 Å². The Hall–Kier alpha value is -5.66. The highest BCUT2D eigenvalue weighted by Gasteiger charge is 2.41. The fraction of sp³-hybridized carbons (Fsp3) is 0.276. The van der Waals surface area contributed by atoms with Crippen molar-refractivity contribution in [3.63, 3.8) is 0 Å². The third kappa shape index (κ3) is 6.37. The largest absolute Gasteiger partial charge is 0.310 e. The smallest absolute Gasteiger partial charge is 0.0543 e. The molecule has 0 heterocycles. The number of hydrogen-bond acceptors (Lipinski definition) is 1. The molecule has 1 nitrogen and oxygen atoms in total. The Morgan fingerprint density at radius 3 is 1.81 bits per heavy atom. The Morgan fingerprint density at radius 2 is 1.10 bits per heavy atom. The van der Waals surface area contributed by atoms with Crippen molar-refractivity contribution < 1.29 is 0 Å². The third-order valence-corrected chi connectivity index (χ3v) is 15.0. The van der Waals surface area contributed by atoms with Crippen LogP contribution in [0, 0.1) is 11.8 Å². The summed E-state index contributed by atoms with van der Waals surface area (Å²) < 4.78 is 0. The summed E-state index contributed by atoms with van der Waals surface area (Å²) in [4.78, 5) is 2.56. The van der Waals surface area contributed by atoms with E-state index >= 15 is 0 Å². The van der Waals surface area contributed by atoms with Gasteiger partial charge in [-0.15, -0.1) is 0 Å². The molecule has 3 unspecified atom stereocenters. The summed E-state index contributed by atoms with van der Waals surface area (Å²) in [5.41, 5.74) is 19.7. The topological polar surface area (TPSA) is 3.24 Å². The predicted octanol–water partition coefficient (Wildman–Crippen LogP) is 16.4. The van der Waals surface area contributed by atoms with Crippen LogP contribution in [0.3, 0.4) is 0 Å². The van der Waals surface area contributed by atoms with Crippen LogP contribution in [0.2, 0.25) is 0 Å². The Kier molecular flexibility index (Phi) is 9.18. The van der Waals surface area contributed by atoms with E-state index in [4.69, 9.17) is 0 Å². The molecule has 0 aromatic heterocycles. The van der Waals surface area contributed by atoms with E-state index in [9.17, 15) is 0 Å². The molecule has 3 atom stereocenters. The minimum Gasteiger partial charge on any atom is -0.310 e. The summed E-state index contributed by atoms with van der Waals surface area (Å²) in [5.74, 6) is 3.15. The van der Waals surface area contributed by atoms with E-state index in [2.05, 4.69) is 183 Å². The first-order valence-electron chi connectivity index (χ1n) is 22.5. The maximum absolute atomic E-state index is 2.56. The van der Waals surface area contributed by atoms with Crippen molar-refractivity contribution >= 4 is 17.1 Å². The van der Waals surface area contributed by atoms with Crippen LogP contribution in [0.25, 0.3) is 44.5 Å². The van der Waals surface area contributed by atoms with Crippen molar-refractivity contribution in [2.75, 3.05) is 4.90 Å². The molecule has 3 saturated carbocycles. The van der Waals surface area contributed by atoms with Crippen LogP contribution >= 0.6 is 0 Å². The lowest BCUT2D eigenvalue weighted by molar-refractivity contribution is 0.420. The summed E-state index contributed by atoms with van der Waals surface area (Å²) in [6, 6.07) is 62.5. The number of anilines is 3. The Labute approximate surface area is 351 Å². The molecule has 292 valence electrons. The SMILES string of the molecule is CC1(C)c2ccccc2-c2ccc(N(c3ccc(-c4ccccc4C4CCCCC4)cc3)c3ccc(C4CC5CCC4C5)cc3)c(-c3ccc(-c4ccccc4)cc3)c21. The van der Waals surface area contributed by atoms with Crippen LogP contribution in [-0.4, -0.2) is 0 Å². The average molecular weight is 766 g/mol. The number of rotatable bonds is 8. The van der Waals surface area contributed by atoms with Gasteiger partial charge >= 0.3 is 0 Å². The predicted molar refractivity (Wildman–Crippen MR) is 249 cm³/mol. The average Bonchev–Trinajstić information content (AvgIpc) is 4.00. The number of benzene rings is 7. The van der Waals surface area contributed by atoms with Gasteiger partial charge in [0.25, 0.3) is 0 Å². The Balaban J connectivity index is 1.08. The summed E-state index contributed by atoms with van der Waals surface area (Å²) in [5, 5.41) is 0. The molecule has 0 saturated heterocycles. The van der Waals surface area contributed by atoms with Crippen molar-refractivity contribution in [2.45, 2.75) is 88.9 Å². The molecule has 0 N–H and O–H groups in total. The highest BCUT2D eigenvalue weighted by atomic mass is 15.1. The molecule has 3 fully saturated rings. The molecule has 7 aromatic carbocycles. The van der Waals surface area contributed by atoms with E-state index in [1.165, 1.54) is 142 Å². The van der Waals surface area contributed by atoms with Gasteiger partial charge < -0.3 is 4.90 Å². The van der Waals surface area contributed by atoms with Crippen molar-refractivity contribution in [2.24, 2.45) is 11.8 Å². The molecule has 0 amide bonds. The lowest BCUT2D eigenvalue weighted by Gasteiger charge is -2.32. The Bertz CT molecular complexity index is 2610. The van der Waals surface area contributed by atoms with Gasteiger partial charge in [-0.3, -0.25) is 0 Å². The molecule has 4 aliphatic carbocycles. The van der Waals surface area contributed by atoms with E-state index in [0.29, 0.717) is 11.8 Å². The first-order chi connectivity index (χ1) is 29.0. The minimum atomic E-state index is -0.181. The normalized spacial score (nSPS) is 20.3. The zero-order valence-electron chi connectivity index (χ0n) is 34.7. The van der Waals surface area contributed by atoms with Gasteiger partial charge in [0.2, 0.25) is 0 Å². The Morgan fingerprint density at radius 1 is 0.475 bits per heavy atom. The molecule has 7 aromatic rings. The van der Waals surface area contributed by atoms with Gasteiger partial charge in [-0.2, -0.15) is 0 Å². The molecular formula is C58H55N. The van der Waals surface area contributed by atoms with Crippen molar-refractivity contribution in [1.29, 1.82) is 0 Å². The highest BCUT2D eigenvalue weighted by molar-refractivity contribution is 5.98. The molecule has 0 radical (unpaired) electrons. The van der Waals surface area contributed by atoms with Crippen LogP contribution in [0.4, 0.5) is 17.1 Å². The van der Waals surface area contributed by atoms with Crippen LogP contribution in [0.15, 0.2) is 164 Å². The van der Waals surface area contributed by atoms with Gasteiger partial charge in [0.05, 0.1) is 5.69 Å². The number of fused-ring (bicyclic) bond motifs is 5. The molecule has 4 aliphatic rings. The van der Waals surface area contributed by atoms with E-state index in [-0.39, 0.29) is 5.41 Å². The van der Waals surface area contributed by atoms with E-state index in [0.717, 1.165) is 11.8 Å².